The van der Waals surface area contributed by atoms with Gasteiger partial charge in [-0.3, -0.25) is 0 Å². The average Bonchev–Trinajstić information content (AvgIpc) is 2.16. The molecule has 1 aromatic rings. The van der Waals surface area contributed by atoms with Crippen LogP contribution >= 0.6 is 0 Å². The van der Waals surface area contributed by atoms with Crippen LogP contribution in [0, 0.1) is 5.92 Å². The second-order valence-corrected chi connectivity index (χ2v) is 4.00. The third-order valence-corrected chi connectivity index (χ3v) is 2.23. The summed E-state index contributed by atoms with van der Waals surface area (Å²) in [6, 6.07) is 8.03. The molecule has 0 radical (unpaired) electrons. The second kappa shape index (κ2) is 4.54. The summed E-state index contributed by atoms with van der Waals surface area (Å²) in [5, 5.41) is 0. The van der Waals surface area contributed by atoms with E-state index in [9.17, 15) is 8.78 Å². The standard InChI is InChI=1S/C12H16F2/c1-10(2)8-9-12(13,14)11-6-4-3-5-7-11/h3-7,10H,8-9H2,1-2H3. The van der Waals surface area contributed by atoms with Gasteiger partial charge in [-0.1, -0.05) is 44.2 Å². The van der Waals surface area contributed by atoms with Gasteiger partial charge in [0.25, 0.3) is 5.92 Å². The minimum absolute atomic E-state index is 0.0608. The van der Waals surface area contributed by atoms with Gasteiger partial charge < -0.3 is 0 Å². The molecule has 1 aromatic carbocycles. The van der Waals surface area contributed by atoms with Gasteiger partial charge in [0.15, 0.2) is 0 Å². The fourth-order valence-electron chi connectivity index (χ4n) is 1.30. The third kappa shape index (κ3) is 3.09. The Bertz CT molecular complexity index is 265. The lowest BCUT2D eigenvalue weighted by atomic mass is 9.99. The molecule has 0 bridgehead atoms. The molecule has 0 saturated carbocycles. The number of alkyl halides is 2. The molecule has 0 nitrogen and oxygen atoms in total. The number of halogens is 2. The molecule has 0 heterocycles. The summed E-state index contributed by atoms with van der Waals surface area (Å²) in [4.78, 5) is 0. The van der Waals surface area contributed by atoms with Crippen LogP contribution in [0.4, 0.5) is 8.78 Å². The lowest BCUT2D eigenvalue weighted by Crippen LogP contribution is -2.14. The molecule has 78 valence electrons. The molecular formula is C12H16F2. The molecule has 0 saturated heterocycles. The fraction of sp³-hybridized carbons (Fsp3) is 0.500. The van der Waals surface area contributed by atoms with Gasteiger partial charge in [0.05, 0.1) is 0 Å². The summed E-state index contributed by atoms with van der Waals surface area (Å²) in [5.41, 5.74) is 0.126. The average molecular weight is 198 g/mol. The van der Waals surface area contributed by atoms with Gasteiger partial charge in [0.1, 0.15) is 0 Å². The van der Waals surface area contributed by atoms with Gasteiger partial charge in [-0.25, -0.2) is 8.78 Å². The smallest absolute Gasteiger partial charge is 0.201 e. The van der Waals surface area contributed by atoms with Crippen LogP contribution in [0.3, 0.4) is 0 Å². The van der Waals surface area contributed by atoms with Crippen LogP contribution in [0.15, 0.2) is 30.3 Å². The van der Waals surface area contributed by atoms with Crippen molar-refractivity contribution in [3.05, 3.63) is 35.9 Å². The minimum atomic E-state index is -2.68. The molecule has 1 rings (SSSR count). The SMILES string of the molecule is CC(C)CCC(F)(F)c1ccccc1. The van der Waals surface area contributed by atoms with E-state index in [0.29, 0.717) is 12.3 Å². The van der Waals surface area contributed by atoms with Crippen molar-refractivity contribution >= 4 is 0 Å². The van der Waals surface area contributed by atoms with Gasteiger partial charge >= 0.3 is 0 Å². The fourth-order valence-corrected chi connectivity index (χ4v) is 1.30. The largest absolute Gasteiger partial charge is 0.273 e. The lowest BCUT2D eigenvalue weighted by Gasteiger charge is -2.17. The van der Waals surface area contributed by atoms with Gasteiger partial charge in [0, 0.05) is 12.0 Å². The van der Waals surface area contributed by atoms with E-state index in [1.807, 2.05) is 13.8 Å². The van der Waals surface area contributed by atoms with Crippen molar-refractivity contribution in [2.45, 2.75) is 32.6 Å². The first kappa shape index (κ1) is 11.2. The predicted octanol–water partition coefficient (Wildman–Crippen LogP) is 4.21. The second-order valence-electron chi connectivity index (χ2n) is 4.00. The molecule has 0 atom stereocenters. The monoisotopic (exact) mass is 198 g/mol. The zero-order valence-electron chi connectivity index (χ0n) is 8.63. The number of benzene rings is 1. The van der Waals surface area contributed by atoms with E-state index >= 15 is 0 Å². The molecule has 0 aliphatic carbocycles. The summed E-state index contributed by atoms with van der Waals surface area (Å²) >= 11 is 0. The van der Waals surface area contributed by atoms with E-state index in [1.54, 1.807) is 18.2 Å². The molecule has 0 aromatic heterocycles. The highest BCUT2D eigenvalue weighted by atomic mass is 19.3. The first-order valence-electron chi connectivity index (χ1n) is 4.96. The van der Waals surface area contributed by atoms with E-state index in [0.717, 1.165) is 0 Å². The van der Waals surface area contributed by atoms with Crippen LogP contribution in [0.2, 0.25) is 0 Å². The lowest BCUT2D eigenvalue weighted by molar-refractivity contribution is -0.0181. The van der Waals surface area contributed by atoms with Crippen molar-refractivity contribution in [2.75, 3.05) is 0 Å². The van der Waals surface area contributed by atoms with Crippen molar-refractivity contribution in [2.24, 2.45) is 5.92 Å². The van der Waals surface area contributed by atoms with Crippen molar-refractivity contribution in [1.82, 2.24) is 0 Å². The Morgan fingerprint density at radius 2 is 1.71 bits per heavy atom. The predicted molar refractivity (Wildman–Crippen MR) is 54.4 cm³/mol. The van der Waals surface area contributed by atoms with Crippen LogP contribution < -0.4 is 0 Å². The van der Waals surface area contributed by atoms with Crippen molar-refractivity contribution in [1.29, 1.82) is 0 Å². The summed E-state index contributed by atoms with van der Waals surface area (Å²) in [5.74, 6) is -2.35. The van der Waals surface area contributed by atoms with Gasteiger partial charge in [-0.05, 0) is 12.3 Å². The Morgan fingerprint density at radius 3 is 2.21 bits per heavy atom. The summed E-state index contributed by atoms with van der Waals surface area (Å²) in [6.07, 6.45) is 0.497. The van der Waals surface area contributed by atoms with Crippen LogP contribution in [-0.2, 0) is 5.92 Å². The molecule has 0 fully saturated rings. The van der Waals surface area contributed by atoms with Crippen molar-refractivity contribution in [3.63, 3.8) is 0 Å². The van der Waals surface area contributed by atoms with Crippen LogP contribution in [-0.4, -0.2) is 0 Å². The third-order valence-electron chi connectivity index (χ3n) is 2.23. The van der Waals surface area contributed by atoms with Gasteiger partial charge in [-0.15, -0.1) is 0 Å². The van der Waals surface area contributed by atoms with Crippen LogP contribution in [0.1, 0.15) is 32.3 Å². The van der Waals surface area contributed by atoms with Gasteiger partial charge in [-0.2, -0.15) is 0 Å². The topological polar surface area (TPSA) is 0 Å². The highest BCUT2D eigenvalue weighted by Gasteiger charge is 2.30. The highest BCUT2D eigenvalue weighted by Crippen LogP contribution is 2.33. The summed E-state index contributed by atoms with van der Waals surface area (Å²) in [6.45, 7) is 3.92. The first-order valence-corrected chi connectivity index (χ1v) is 4.96. The van der Waals surface area contributed by atoms with E-state index in [2.05, 4.69) is 0 Å². The zero-order chi connectivity index (χ0) is 10.6. The normalized spacial score (nSPS) is 12.1. The van der Waals surface area contributed by atoms with Crippen LogP contribution in [0.5, 0.6) is 0 Å². The van der Waals surface area contributed by atoms with E-state index in [-0.39, 0.29) is 12.0 Å². The molecule has 0 aliphatic heterocycles. The Hall–Kier alpha value is -0.920. The minimum Gasteiger partial charge on any atom is -0.201 e. The quantitative estimate of drug-likeness (QED) is 0.679. The zero-order valence-corrected chi connectivity index (χ0v) is 8.63. The maximum absolute atomic E-state index is 13.5. The number of hydrogen-bond donors (Lipinski definition) is 0. The molecule has 0 N–H and O–H groups in total. The van der Waals surface area contributed by atoms with Crippen LogP contribution in [0.25, 0.3) is 0 Å². The molecule has 0 aliphatic rings. The maximum Gasteiger partial charge on any atom is 0.273 e. The molecule has 0 unspecified atom stereocenters. The maximum atomic E-state index is 13.5. The Morgan fingerprint density at radius 1 is 1.14 bits per heavy atom. The Labute approximate surface area is 84.0 Å². The molecule has 2 heteroatoms. The number of rotatable bonds is 4. The van der Waals surface area contributed by atoms with Crippen molar-refractivity contribution < 1.29 is 8.78 Å². The van der Waals surface area contributed by atoms with E-state index in [4.69, 9.17) is 0 Å². The van der Waals surface area contributed by atoms with Crippen molar-refractivity contribution in [3.8, 4) is 0 Å². The van der Waals surface area contributed by atoms with Gasteiger partial charge in [0.2, 0.25) is 0 Å². The molecule has 14 heavy (non-hydrogen) atoms. The van der Waals surface area contributed by atoms with E-state index in [1.165, 1.54) is 12.1 Å². The molecular weight excluding hydrogens is 182 g/mol. The summed E-state index contributed by atoms with van der Waals surface area (Å²) in [7, 11) is 0. The highest BCUT2D eigenvalue weighted by molar-refractivity contribution is 5.19. The Balaban J connectivity index is 2.66. The molecule has 0 amide bonds. The van der Waals surface area contributed by atoms with E-state index < -0.39 is 5.92 Å². The first-order chi connectivity index (χ1) is 6.52. The Kier molecular flexibility index (Phi) is 3.62. The molecule has 0 spiro atoms. The number of hydrogen-bond acceptors (Lipinski definition) is 0. The summed E-state index contributed by atoms with van der Waals surface area (Å²) < 4.78 is 27.0.